The lowest BCUT2D eigenvalue weighted by Crippen LogP contribution is -2.77. The molecule has 2 aliphatic heterocycles. The van der Waals surface area contributed by atoms with Gasteiger partial charge in [-0.15, -0.1) is 0 Å². The van der Waals surface area contributed by atoms with E-state index in [1.165, 1.54) is 31.4 Å². The highest BCUT2D eigenvalue weighted by atomic mass is 19.4. The molecule has 0 fully saturated rings. The number of fused-ring (bicyclic) bond motifs is 3. The van der Waals surface area contributed by atoms with Crippen molar-refractivity contribution in [2.75, 3.05) is 0 Å². The average molecular weight is 385 g/mol. The number of nitrogens with one attached hydrogen (secondary N) is 1. The average Bonchev–Trinajstić information content (AvgIpc) is 2.86. The Balaban J connectivity index is 2.15. The van der Waals surface area contributed by atoms with Crippen molar-refractivity contribution in [1.29, 1.82) is 0 Å². The van der Waals surface area contributed by atoms with Gasteiger partial charge in [-0.2, -0.15) is 35.8 Å². The number of alkyl halides is 7. The molecule has 0 amide bonds. The van der Waals surface area contributed by atoms with Gasteiger partial charge in [0.05, 0.1) is 0 Å². The molecule has 1 atom stereocenters. The van der Waals surface area contributed by atoms with E-state index in [1.807, 2.05) is 0 Å². The summed E-state index contributed by atoms with van der Waals surface area (Å²) in [7, 11) is 0. The summed E-state index contributed by atoms with van der Waals surface area (Å²) in [6.07, 6.45) is -6.56. The van der Waals surface area contributed by atoms with Crippen LogP contribution in [-0.4, -0.2) is 45.3 Å². The summed E-state index contributed by atoms with van der Waals surface area (Å²) in [5, 5.41) is 13.8. The van der Waals surface area contributed by atoms with Gasteiger partial charge in [-0.05, 0) is 25.8 Å². The van der Waals surface area contributed by atoms with E-state index < -0.39 is 29.4 Å². The van der Waals surface area contributed by atoms with E-state index in [2.05, 4.69) is 5.10 Å². The van der Waals surface area contributed by atoms with Crippen LogP contribution in [0.5, 0.6) is 0 Å². The van der Waals surface area contributed by atoms with Crippen molar-refractivity contribution in [2.24, 2.45) is 5.10 Å². The number of benzene rings is 1. The van der Waals surface area contributed by atoms with Crippen molar-refractivity contribution in [1.82, 2.24) is 10.3 Å². The van der Waals surface area contributed by atoms with E-state index >= 15 is 0 Å². The highest BCUT2D eigenvalue weighted by Gasteiger charge is 2.83. The fraction of sp³-hybridized carbons (Fsp3) is 0.533. The van der Waals surface area contributed by atoms with Crippen LogP contribution in [0.1, 0.15) is 25.0 Å². The van der Waals surface area contributed by atoms with Crippen LogP contribution < -0.4 is 5.43 Å². The minimum atomic E-state index is -6.57. The first-order valence-corrected chi connectivity index (χ1v) is 7.45. The zero-order valence-electron chi connectivity index (χ0n) is 13.5. The predicted molar refractivity (Wildman–Crippen MR) is 76.6 cm³/mol. The molecule has 2 aliphatic rings. The van der Waals surface area contributed by atoms with Gasteiger partial charge in [0.25, 0.3) is 0 Å². The van der Waals surface area contributed by atoms with Gasteiger partial charge < -0.3 is 5.11 Å². The third kappa shape index (κ3) is 2.15. The largest absolute Gasteiger partial charge is 0.460 e. The van der Waals surface area contributed by atoms with Gasteiger partial charge in [0.2, 0.25) is 0 Å². The van der Waals surface area contributed by atoms with Gasteiger partial charge in [-0.25, -0.2) is 0 Å². The van der Waals surface area contributed by atoms with E-state index in [0.29, 0.717) is 10.5 Å². The molecule has 0 spiro atoms. The topological polar surface area (TPSA) is 47.9 Å². The molecular formula is C15H14F7N3O. The van der Waals surface area contributed by atoms with Gasteiger partial charge in [0, 0.05) is 11.1 Å². The van der Waals surface area contributed by atoms with Gasteiger partial charge in [0.15, 0.2) is 5.84 Å². The Hall–Kier alpha value is -2.04. The minimum absolute atomic E-state index is 0.0137. The molecule has 0 bridgehead atoms. The summed E-state index contributed by atoms with van der Waals surface area (Å²) in [6.45, 7) is 2.66. The number of aliphatic hydroxyl groups is 1. The first-order chi connectivity index (χ1) is 11.7. The predicted octanol–water partition coefficient (Wildman–Crippen LogP) is 3.07. The van der Waals surface area contributed by atoms with Gasteiger partial charge >= 0.3 is 23.9 Å². The Morgan fingerprint density at radius 3 is 2.23 bits per heavy atom. The summed E-state index contributed by atoms with van der Waals surface area (Å²) in [4.78, 5) is 0.391. The maximum Gasteiger partial charge on any atom is 0.460 e. The summed E-state index contributed by atoms with van der Waals surface area (Å²) < 4.78 is 93.6. The van der Waals surface area contributed by atoms with Crippen molar-refractivity contribution in [2.45, 2.75) is 49.7 Å². The Bertz CT molecular complexity index is 775. The number of halogens is 7. The molecule has 144 valence electrons. The Kier molecular flexibility index (Phi) is 3.62. The second-order valence-electron chi connectivity index (χ2n) is 6.85. The van der Waals surface area contributed by atoms with Gasteiger partial charge in [-0.3, -0.25) is 10.3 Å². The summed E-state index contributed by atoms with van der Waals surface area (Å²) >= 11 is 0. The Morgan fingerprint density at radius 1 is 1.08 bits per heavy atom. The minimum Gasteiger partial charge on any atom is -0.348 e. The van der Waals surface area contributed by atoms with E-state index in [-0.39, 0.29) is 17.8 Å². The van der Waals surface area contributed by atoms with Crippen LogP contribution in [0, 0.1) is 0 Å². The fourth-order valence-corrected chi connectivity index (χ4v) is 3.33. The summed E-state index contributed by atoms with van der Waals surface area (Å²) in [6, 6.07) is 6.28. The van der Waals surface area contributed by atoms with Crippen molar-refractivity contribution < 1.29 is 35.8 Å². The van der Waals surface area contributed by atoms with Crippen molar-refractivity contribution in [3.63, 3.8) is 0 Å². The molecule has 3 rings (SSSR count). The highest BCUT2D eigenvalue weighted by molar-refractivity contribution is 6.02. The molecule has 0 aromatic heterocycles. The number of rotatable bonds is 2. The molecule has 2 heterocycles. The van der Waals surface area contributed by atoms with Crippen LogP contribution in [0.2, 0.25) is 0 Å². The molecular weight excluding hydrogens is 371 g/mol. The molecule has 0 aliphatic carbocycles. The van der Waals surface area contributed by atoms with Crippen LogP contribution in [0.15, 0.2) is 29.4 Å². The van der Waals surface area contributed by atoms with Crippen LogP contribution in [-0.2, 0) is 6.42 Å². The number of hydrogen-bond donors (Lipinski definition) is 2. The molecule has 11 heteroatoms. The highest BCUT2D eigenvalue weighted by Crippen LogP contribution is 2.54. The van der Waals surface area contributed by atoms with Crippen molar-refractivity contribution in [3.05, 3.63) is 35.4 Å². The third-order valence-electron chi connectivity index (χ3n) is 4.53. The maximum absolute atomic E-state index is 14.4. The lowest BCUT2D eigenvalue weighted by atomic mass is 9.83. The molecule has 1 aromatic rings. The van der Waals surface area contributed by atoms with Crippen LogP contribution in [0.25, 0.3) is 0 Å². The van der Waals surface area contributed by atoms with E-state index in [1.54, 1.807) is 12.1 Å². The molecule has 0 unspecified atom stereocenters. The standard InChI is InChI=1S/C15H14F7N3O/c1-11(2)7-8-5-3-4-6-9(8)10-23-24-15(26,25(10)11)13(18,19)12(16,17)14(20,21)22/h3-6,24,26H,7H2,1-2H3/t15-/m0/s1. The first kappa shape index (κ1) is 18.7. The summed E-state index contributed by atoms with van der Waals surface area (Å²) in [5.74, 6) is -16.8. The number of nitrogens with zero attached hydrogens (tertiary/aromatic N) is 2. The smallest absolute Gasteiger partial charge is 0.348 e. The second-order valence-corrected chi connectivity index (χ2v) is 6.85. The molecule has 0 saturated heterocycles. The zero-order chi connectivity index (χ0) is 19.8. The van der Waals surface area contributed by atoms with E-state index in [0.717, 1.165) is 0 Å². The maximum atomic E-state index is 14.4. The molecule has 4 nitrogen and oxygen atoms in total. The molecule has 0 radical (unpaired) electrons. The monoisotopic (exact) mass is 385 g/mol. The number of hydrogen-bond acceptors (Lipinski definition) is 4. The third-order valence-corrected chi connectivity index (χ3v) is 4.53. The SMILES string of the molecule is CC1(C)Cc2ccccc2C2=NN[C@@](O)(C(F)(F)C(F)(F)C(F)(F)F)N21. The van der Waals surface area contributed by atoms with Gasteiger partial charge in [0.1, 0.15) is 0 Å². The summed E-state index contributed by atoms with van der Waals surface area (Å²) in [5.41, 5.74) is 0.876. The lowest BCUT2D eigenvalue weighted by Gasteiger charge is -2.51. The quantitative estimate of drug-likeness (QED) is 0.770. The lowest BCUT2D eigenvalue weighted by molar-refractivity contribution is -0.409. The van der Waals surface area contributed by atoms with E-state index in [9.17, 15) is 35.8 Å². The number of hydrazone groups is 1. The Labute approximate surface area is 143 Å². The Morgan fingerprint density at radius 2 is 1.65 bits per heavy atom. The van der Waals surface area contributed by atoms with Crippen LogP contribution in [0.4, 0.5) is 30.7 Å². The second kappa shape index (κ2) is 5.02. The van der Waals surface area contributed by atoms with Crippen LogP contribution >= 0.6 is 0 Å². The number of amidine groups is 1. The normalized spacial score (nSPS) is 25.3. The molecule has 2 N–H and O–H groups in total. The van der Waals surface area contributed by atoms with E-state index in [4.69, 9.17) is 0 Å². The fourth-order valence-electron chi connectivity index (χ4n) is 3.33. The first-order valence-electron chi connectivity index (χ1n) is 7.45. The molecule has 26 heavy (non-hydrogen) atoms. The molecule has 1 aromatic carbocycles. The van der Waals surface area contributed by atoms with Crippen molar-refractivity contribution >= 4 is 5.84 Å². The zero-order valence-corrected chi connectivity index (χ0v) is 13.5. The molecule has 0 saturated carbocycles. The van der Waals surface area contributed by atoms with Crippen molar-refractivity contribution in [3.8, 4) is 0 Å². The van der Waals surface area contributed by atoms with Crippen LogP contribution in [0.3, 0.4) is 0 Å². The van der Waals surface area contributed by atoms with Gasteiger partial charge in [-0.1, -0.05) is 24.3 Å².